The van der Waals surface area contributed by atoms with Crippen molar-refractivity contribution in [3.05, 3.63) is 60.2 Å². The Hall–Kier alpha value is -4.45. The van der Waals surface area contributed by atoms with Crippen molar-refractivity contribution in [1.29, 1.82) is 0 Å². The van der Waals surface area contributed by atoms with Gasteiger partial charge in [0, 0.05) is 50.1 Å². The molecule has 11 nitrogen and oxygen atoms in total. The smallest absolute Gasteiger partial charge is 0.226 e. The van der Waals surface area contributed by atoms with E-state index in [1.54, 1.807) is 22.8 Å². The molecule has 1 fully saturated rings. The molecule has 5 aromatic rings. The van der Waals surface area contributed by atoms with Gasteiger partial charge in [-0.15, -0.1) is 0 Å². The molecule has 5 heterocycles. The second-order valence-electron chi connectivity index (χ2n) is 8.55. The maximum Gasteiger partial charge on any atom is 0.226 e. The number of fused-ring (bicyclic) bond motifs is 2. The fourth-order valence-corrected chi connectivity index (χ4v) is 4.19. The van der Waals surface area contributed by atoms with Crippen LogP contribution in [0.5, 0.6) is 11.5 Å². The summed E-state index contributed by atoms with van der Waals surface area (Å²) in [5, 5.41) is 10.6. The van der Waals surface area contributed by atoms with Crippen LogP contribution in [0.4, 0.5) is 21.8 Å². The molecule has 2 N–H and O–H groups in total. The lowest BCUT2D eigenvalue weighted by molar-refractivity contribution is 0.472. The minimum atomic E-state index is -0.487. The maximum absolute atomic E-state index is 15.2. The summed E-state index contributed by atoms with van der Waals surface area (Å²) in [6.07, 6.45) is 4.55. The molecular formula is C24H23FN10O. The number of aryl methyl sites for hydroxylation is 2. The summed E-state index contributed by atoms with van der Waals surface area (Å²) in [7, 11) is 0. The maximum atomic E-state index is 15.2. The molecule has 4 aromatic heterocycles. The van der Waals surface area contributed by atoms with Crippen LogP contribution in [-0.4, -0.2) is 60.7 Å². The normalized spacial score (nSPS) is 13.9. The van der Waals surface area contributed by atoms with Crippen LogP contribution in [0, 0.1) is 19.7 Å². The highest BCUT2D eigenvalue weighted by atomic mass is 19.1. The first-order valence-corrected chi connectivity index (χ1v) is 11.5. The Morgan fingerprint density at radius 1 is 1.00 bits per heavy atom. The molecule has 0 radical (unpaired) electrons. The lowest BCUT2D eigenvalue weighted by Crippen LogP contribution is -2.44. The minimum absolute atomic E-state index is 0.256. The molecule has 0 atom stereocenters. The first-order chi connectivity index (χ1) is 17.5. The number of aromatic nitrogens is 7. The Bertz CT molecular complexity index is 1580. The molecule has 1 aliphatic rings. The predicted molar refractivity (Wildman–Crippen MR) is 132 cm³/mol. The summed E-state index contributed by atoms with van der Waals surface area (Å²) < 4.78 is 22.9. The highest BCUT2D eigenvalue weighted by Crippen LogP contribution is 2.32. The van der Waals surface area contributed by atoms with Crippen LogP contribution < -0.4 is 20.3 Å². The second-order valence-corrected chi connectivity index (χ2v) is 8.55. The topological polar surface area (TPSA) is 118 Å². The fraction of sp³-hybridized carbons (Fsp3) is 0.250. The molecule has 0 saturated carbocycles. The van der Waals surface area contributed by atoms with E-state index in [4.69, 9.17) is 4.74 Å². The Morgan fingerprint density at radius 3 is 2.72 bits per heavy atom. The highest BCUT2D eigenvalue weighted by Gasteiger charge is 2.17. The van der Waals surface area contributed by atoms with Gasteiger partial charge in [-0.05, 0) is 25.5 Å². The number of rotatable bonds is 5. The van der Waals surface area contributed by atoms with Crippen molar-refractivity contribution >= 4 is 34.1 Å². The van der Waals surface area contributed by atoms with Crippen LogP contribution in [-0.2, 0) is 0 Å². The first-order valence-electron chi connectivity index (χ1n) is 11.5. The van der Waals surface area contributed by atoms with Crippen LogP contribution in [0.1, 0.15) is 11.3 Å². The van der Waals surface area contributed by atoms with Crippen LogP contribution >= 0.6 is 0 Å². The monoisotopic (exact) mass is 486 g/mol. The summed E-state index contributed by atoms with van der Waals surface area (Å²) >= 11 is 0. The number of nitrogens with one attached hydrogen (secondary N) is 2. The largest absolute Gasteiger partial charge is 0.457 e. The lowest BCUT2D eigenvalue weighted by atomic mass is 10.2. The van der Waals surface area contributed by atoms with Gasteiger partial charge < -0.3 is 20.3 Å². The SMILES string of the molecule is Cc1cc(Nc2ncnc3cnc(N4CCNCC4)nc23)c(F)cc1Oc1cc(C)n2ncnc2c1. The van der Waals surface area contributed by atoms with Crippen molar-refractivity contribution in [2.75, 3.05) is 36.4 Å². The van der Waals surface area contributed by atoms with Gasteiger partial charge >= 0.3 is 0 Å². The van der Waals surface area contributed by atoms with E-state index in [9.17, 15) is 0 Å². The number of anilines is 3. The summed E-state index contributed by atoms with van der Waals surface area (Å²) in [5.41, 5.74) is 3.60. The molecule has 12 heteroatoms. The molecule has 182 valence electrons. The Balaban J connectivity index is 1.30. The van der Waals surface area contributed by atoms with E-state index in [1.807, 2.05) is 19.9 Å². The Kier molecular flexibility index (Phi) is 5.49. The number of hydrogen-bond donors (Lipinski definition) is 2. The lowest BCUT2D eigenvalue weighted by Gasteiger charge is -2.27. The van der Waals surface area contributed by atoms with Gasteiger partial charge in [-0.1, -0.05) is 0 Å². The third-order valence-electron chi connectivity index (χ3n) is 6.04. The molecule has 0 aliphatic carbocycles. The van der Waals surface area contributed by atoms with Crippen LogP contribution in [0.2, 0.25) is 0 Å². The van der Waals surface area contributed by atoms with Crippen molar-refractivity contribution in [3.63, 3.8) is 0 Å². The molecular weight excluding hydrogens is 463 g/mol. The number of hydrogen-bond acceptors (Lipinski definition) is 10. The van der Waals surface area contributed by atoms with Crippen molar-refractivity contribution < 1.29 is 9.13 Å². The molecule has 0 spiro atoms. The van der Waals surface area contributed by atoms with Gasteiger partial charge in [-0.2, -0.15) is 5.10 Å². The van der Waals surface area contributed by atoms with E-state index < -0.39 is 5.82 Å². The summed E-state index contributed by atoms with van der Waals surface area (Å²) in [6.45, 7) is 7.09. The summed E-state index contributed by atoms with van der Waals surface area (Å²) in [6, 6.07) is 6.62. The van der Waals surface area contributed by atoms with E-state index in [0.717, 1.165) is 37.4 Å². The third-order valence-corrected chi connectivity index (χ3v) is 6.04. The van der Waals surface area contributed by atoms with Gasteiger partial charge in [0.1, 0.15) is 41.0 Å². The zero-order chi connectivity index (χ0) is 24.6. The van der Waals surface area contributed by atoms with E-state index in [-0.39, 0.29) is 5.69 Å². The van der Waals surface area contributed by atoms with Gasteiger partial charge in [0.2, 0.25) is 5.95 Å². The zero-order valence-corrected chi connectivity index (χ0v) is 19.7. The van der Waals surface area contributed by atoms with Crippen molar-refractivity contribution in [1.82, 2.24) is 39.9 Å². The molecule has 1 saturated heterocycles. The average molecular weight is 487 g/mol. The van der Waals surface area contributed by atoms with E-state index >= 15 is 4.39 Å². The number of halogens is 1. The van der Waals surface area contributed by atoms with Crippen molar-refractivity contribution in [3.8, 4) is 11.5 Å². The summed E-state index contributed by atoms with van der Waals surface area (Å²) in [5.74, 6) is 1.46. The van der Waals surface area contributed by atoms with E-state index in [0.29, 0.717) is 39.9 Å². The number of pyridine rings is 1. The molecule has 6 rings (SSSR count). The number of nitrogens with zero attached hydrogens (tertiary/aromatic N) is 8. The summed E-state index contributed by atoms with van der Waals surface area (Å²) in [4.78, 5) is 24.0. The highest BCUT2D eigenvalue weighted by molar-refractivity contribution is 5.87. The molecule has 0 amide bonds. The van der Waals surface area contributed by atoms with Crippen LogP contribution in [0.25, 0.3) is 16.7 Å². The van der Waals surface area contributed by atoms with Gasteiger partial charge in [0.25, 0.3) is 0 Å². The first kappa shape index (κ1) is 22.0. The Labute approximate surface area is 205 Å². The van der Waals surface area contributed by atoms with Gasteiger partial charge in [-0.25, -0.2) is 33.8 Å². The van der Waals surface area contributed by atoms with Gasteiger partial charge in [0.15, 0.2) is 11.5 Å². The third kappa shape index (κ3) is 4.11. The number of ether oxygens (including phenoxy) is 1. The van der Waals surface area contributed by atoms with E-state index in [2.05, 4.69) is 45.6 Å². The molecule has 1 aromatic carbocycles. The Morgan fingerprint density at radius 2 is 1.86 bits per heavy atom. The predicted octanol–water partition coefficient (Wildman–Crippen LogP) is 3.16. The number of piperazine rings is 1. The van der Waals surface area contributed by atoms with E-state index in [1.165, 1.54) is 18.7 Å². The van der Waals surface area contributed by atoms with Crippen molar-refractivity contribution in [2.45, 2.75) is 13.8 Å². The van der Waals surface area contributed by atoms with Crippen molar-refractivity contribution in [2.24, 2.45) is 0 Å². The molecule has 1 aliphatic heterocycles. The number of benzene rings is 1. The molecule has 36 heavy (non-hydrogen) atoms. The average Bonchev–Trinajstić information content (AvgIpc) is 3.37. The van der Waals surface area contributed by atoms with Gasteiger partial charge in [-0.3, -0.25) is 0 Å². The van der Waals surface area contributed by atoms with Gasteiger partial charge in [0.05, 0.1) is 11.9 Å². The minimum Gasteiger partial charge on any atom is -0.457 e. The standard InChI is InChI=1S/C24H23FN10O/c1-14-7-18(17(25)10-20(14)36-16-8-15(2)35-21(9-16)29-13-31-35)32-23-22-19(28-12-30-23)11-27-24(33-22)34-5-3-26-4-6-34/h7-13,26H,3-6H2,1-2H3,(H,28,30,32). The fourth-order valence-electron chi connectivity index (χ4n) is 4.19. The molecule has 0 unspecified atom stereocenters. The second kappa shape index (κ2) is 8.96. The van der Waals surface area contributed by atoms with Crippen LogP contribution in [0.3, 0.4) is 0 Å². The molecule has 0 bridgehead atoms. The zero-order valence-electron chi connectivity index (χ0n) is 19.7. The quantitative estimate of drug-likeness (QED) is 0.383. The van der Waals surface area contributed by atoms with Crippen LogP contribution in [0.15, 0.2) is 43.1 Å².